The number of rotatable bonds is 3. The Hall–Kier alpha value is -1.17. The fourth-order valence-electron chi connectivity index (χ4n) is 1.44. The summed E-state index contributed by atoms with van der Waals surface area (Å²) in [7, 11) is 0. The average Bonchev–Trinajstić information content (AvgIpc) is 2.32. The van der Waals surface area contributed by atoms with Gasteiger partial charge in [0.25, 0.3) is 0 Å². The predicted molar refractivity (Wildman–Crippen MR) is 81.5 cm³/mol. The molecular weight excluding hydrogens is 353 g/mol. The molecule has 98 valence electrons. The molecule has 0 aromatic heterocycles. The van der Waals surface area contributed by atoms with Crippen LogP contribution in [0.2, 0.25) is 5.02 Å². The molecule has 0 unspecified atom stereocenters. The van der Waals surface area contributed by atoms with Crippen molar-refractivity contribution in [3.8, 4) is 11.5 Å². The van der Waals surface area contributed by atoms with Gasteiger partial charge in [0, 0.05) is 11.6 Å². The van der Waals surface area contributed by atoms with Crippen molar-refractivity contribution >= 4 is 44.7 Å². The highest BCUT2D eigenvalue weighted by atomic mass is 79.9. The molecule has 0 aliphatic heterocycles. The van der Waals surface area contributed by atoms with Crippen molar-refractivity contribution in [2.75, 3.05) is 0 Å². The maximum absolute atomic E-state index is 13.0. The number of nitrogens with two attached hydrogens (primary N) is 1. The van der Waals surface area contributed by atoms with Gasteiger partial charge in [-0.05, 0) is 46.3 Å². The zero-order valence-corrected chi connectivity index (χ0v) is 12.7. The number of halogens is 3. The van der Waals surface area contributed by atoms with Gasteiger partial charge in [0.15, 0.2) is 0 Å². The van der Waals surface area contributed by atoms with Crippen LogP contribution in [0.1, 0.15) is 5.56 Å². The zero-order chi connectivity index (χ0) is 14.0. The van der Waals surface area contributed by atoms with Crippen LogP contribution in [0.25, 0.3) is 0 Å². The number of hydrogen-bond donors (Lipinski definition) is 1. The van der Waals surface area contributed by atoms with E-state index in [9.17, 15) is 4.39 Å². The standard InChI is InChI=1S/C13H8BrClFNOS/c14-10-5-7(16)1-4-12(10)18-8-2-3-9(13(17)19)11(15)6-8/h1-6H,(H2,17,19). The van der Waals surface area contributed by atoms with Crippen molar-refractivity contribution in [3.05, 3.63) is 57.3 Å². The Morgan fingerprint density at radius 3 is 2.58 bits per heavy atom. The lowest BCUT2D eigenvalue weighted by Crippen LogP contribution is -2.09. The normalized spacial score (nSPS) is 10.3. The predicted octanol–water partition coefficient (Wildman–Crippen LogP) is 4.67. The number of hydrogen-bond acceptors (Lipinski definition) is 2. The molecule has 2 N–H and O–H groups in total. The van der Waals surface area contributed by atoms with Crippen molar-refractivity contribution in [3.63, 3.8) is 0 Å². The second-order valence-electron chi connectivity index (χ2n) is 3.68. The molecule has 0 aliphatic rings. The van der Waals surface area contributed by atoms with Crippen LogP contribution < -0.4 is 10.5 Å². The van der Waals surface area contributed by atoms with Crippen LogP contribution in [0, 0.1) is 5.82 Å². The van der Waals surface area contributed by atoms with E-state index in [4.69, 9.17) is 34.3 Å². The fourth-order valence-corrected chi connectivity index (χ4v) is 2.38. The summed E-state index contributed by atoms with van der Waals surface area (Å²) < 4.78 is 19.1. The zero-order valence-electron chi connectivity index (χ0n) is 9.49. The highest BCUT2D eigenvalue weighted by Crippen LogP contribution is 2.32. The first-order valence-electron chi connectivity index (χ1n) is 5.19. The molecule has 2 rings (SSSR count). The van der Waals surface area contributed by atoms with Crippen molar-refractivity contribution in [1.29, 1.82) is 0 Å². The van der Waals surface area contributed by atoms with Gasteiger partial charge >= 0.3 is 0 Å². The van der Waals surface area contributed by atoms with E-state index in [2.05, 4.69) is 15.9 Å². The molecule has 19 heavy (non-hydrogen) atoms. The second-order valence-corrected chi connectivity index (χ2v) is 5.38. The van der Waals surface area contributed by atoms with Crippen molar-refractivity contribution < 1.29 is 9.13 Å². The molecule has 0 atom stereocenters. The van der Waals surface area contributed by atoms with E-state index in [1.165, 1.54) is 18.2 Å². The topological polar surface area (TPSA) is 35.2 Å². The molecular formula is C13H8BrClFNOS. The molecule has 0 saturated heterocycles. The average molecular weight is 361 g/mol. The summed E-state index contributed by atoms with van der Waals surface area (Å²) in [4.78, 5) is 0.222. The summed E-state index contributed by atoms with van der Waals surface area (Å²) >= 11 is 14.1. The molecule has 0 radical (unpaired) electrons. The fraction of sp³-hybridized carbons (Fsp3) is 0. The highest BCUT2D eigenvalue weighted by molar-refractivity contribution is 9.10. The Labute approximate surface area is 128 Å². The Morgan fingerprint density at radius 1 is 1.26 bits per heavy atom. The summed E-state index contributed by atoms with van der Waals surface area (Å²) in [5.74, 6) is 0.652. The van der Waals surface area contributed by atoms with Crippen molar-refractivity contribution in [1.82, 2.24) is 0 Å². The van der Waals surface area contributed by atoms with Gasteiger partial charge in [0.2, 0.25) is 0 Å². The largest absolute Gasteiger partial charge is 0.456 e. The SMILES string of the molecule is NC(=S)c1ccc(Oc2ccc(F)cc2Br)cc1Cl. The molecule has 0 spiro atoms. The first-order chi connectivity index (χ1) is 8.97. The maximum Gasteiger partial charge on any atom is 0.141 e. The van der Waals surface area contributed by atoms with Gasteiger partial charge in [-0.25, -0.2) is 4.39 Å². The molecule has 6 heteroatoms. The van der Waals surface area contributed by atoms with Crippen LogP contribution in [-0.2, 0) is 0 Å². The van der Waals surface area contributed by atoms with Crippen molar-refractivity contribution in [2.24, 2.45) is 5.73 Å². The van der Waals surface area contributed by atoms with E-state index in [0.29, 0.717) is 26.6 Å². The first-order valence-corrected chi connectivity index (χ1v) is 6.77. The Balaban J connectivity index is 2.29. The van der Waals surface area contributed by atoms with Crippen LogP contribution in [-0.4, -0.2) is 4.99 Å². The summed E-state index contributed by atoms with van der Waals surface area (Å²) in [5.41, 5.74) is 6.10. The van der Waals surface area contributed by atoms with E-state index < -0.39 is 0 Å². The molecule has 2 aromatic rings. The lowest BCUT2D eigenvalue weighted by Gasteiger charge is -2.09. The Bertz CT molecular complexity index is 651. The van der Waals surface area contributed by atoms with Crippen LogP contribution >= 0.6 is 39.7 Å². The number of benzene rings is 2. The molecule has 0 amide bonds. The van der Waals surface area contributed by atoms with E-state index in [-0.39, 0.29) is 10.8 Å². The van der Waals surface area contributed by atoms with Gasteiger partial charge < -0.3 is 10.5 Å². The van der Waals surface area contributed by atoms with Gasteiger partial charge in [-0.3, -0.25) is 0 Å². The third-order valence-corrected chi connectivity index (χ3v) is 3.48. The van der Waals surface area contributed by atoms with Crippen molar-refractivity contribution in [2.45, 2.75) is 0 Å². The van der Waals surface area contributed by atoms with Crippen LogP contribution in [0.15, 0.2) is 40.9 Å². The van der Waals surface area contributed by atoms with E-state index in [1.807, 2.05) is 0 Å². The minimum absolute atomic E-state index is 0.222. The Morgan fingerprint density at radius 2 is 2.00 bits per heavy atom. The minimum atomic E-state index is -0.346. The maximum atomic E-state index is 13.0. The third-order valence-electron chi connectivity index (χ3n) is 2.33. The van der Waals surface area contributed by atoms with Gasteiger partial charge in [-0.2, -0.15) is 0 Å². The molecule has 0 saturated carbocycles. The lowest BCUT2D eigenvalue weighted by molar-refractivity contribution is 0.477. The smallest absolute Gasteiger partial charge is 0.141 e. The molecule has 0 bridgehead atoms. The van der Waals surface area contributed by atoms with Gasteiger partial charge in [-0.15, -0.1) is 0 Å². The molecule has 2 nitrogen and oxygen atoms in total. The van der Waals surface area contributed by atoms with Crippen LogP contribution in [0.4, 0.5) is 4.39 Å². The summed E-state index contributed by atoms with van der Waals surface area (Å²) in [6.07, 6.45) is 0. The Kier molecular flexibility index (Phi) is 4.39. The van der Waals surface area contributed by atoms with Gasteiger partial charge in [-0.1, -0.05) is 23.8 Å². The summed E-state index contributed by atoms with van der Waals surface area (Å²) in [5, 5.41) is 0.406. The lowest BCUT2D eigenvalue weighted by atomic mass is 10.2. The van der Waals surface area contributed by atoms with E-state index in [1.54, 1.807) is 18.2 Å². The first kappa shape index (κ1) is 14.2. The summed E-state index contributed by atoms with van der Waals surface area (Å²) in [6, 6.07) is 9.12. The highest BCUT2D eigenvalue weighted by Gasteiger charge is 2.08. The monoisotopic (exact) mass is 359 g/mol. The van der Waals surface area contributed by atoms with Gasteiger partial charge in [0.1, 0.15) is 22.3 Å². The molecule has 0 heterocycles. The molecule has 2 aromatic carbocycles. The third kappa shape index (κ3) is 3.43. The molecule has 0 fully saturated rings. The number of thiocarbonyl (C=S) groups is 1. The molecule has 0 aliphatic carbocycles. The quantitative estimate of drug-likeness (QED) is 0.808. The second kappa shape index (κ2) is 5.86. The minimum Gasteiger partial charge on any atom is -0.456 e. The van der Waals surface area contributed by atoms with E-state index >= 15 is 0 Å². The van der Waals surface area contributed by atoms with Gasteiger partial charge in [0.05, 0.1) is 9.50 Å². The number of ether oxygens (including phenoxy) is 1. The van der Waals surface area contributed by atoms with Crippen LogP contribution in [0.3, 0.4) is 0 Å². The summed E-state index contributed by atoms with van der Waals surface area (Å²) in [6.45, 7) is 0. The van der Waals surface area contributed by atoms with E-state index in [0.717, 1.165) is 0 Å². The van der Waals surface area contributed by atoms with Crippen LogP contribution in [0.5, 0.6) is 11.5 Å².